The van der Waals surface area contributed by atoms with Crippen LogP contribution in [0.25, 0.3) is 0 Å². The fourth-order valence-electron chi connectivity index (χ4n) is 3.49. The molecule has 0 bridgehead atoms. The molecule has 35 heavy (non-hydrogen) atoms. The van der Waals surface area contributed by atoms with E-state index >= 15 is 0 Å². The Hall–Kier alpha value is -3.94. The second-order valence-electron chi connectivity index (χ2n) is 8.38. The lowest BCUT2D eigenvalue weighted by Gasteiger charge is -2.35. The highest BCUT2D eigenvalue weighted by Gasteiger charge is 2.29. The van der Waals surface area contributed by atoms with Crippen LogP contribution in [0.2, 0.25) is 0 Å². The van der Waals surface area contributed by atoms with E-state index in [0.717, 1.165) is 18.1 Å². The molecule has 1 saturated heterocycles. The Morgan fingerprint density at radius 1 is 1.29 bits per heavy atom. The summed E-state index contributed by atoms with van der Waals surface area (Å²) in [5.41, 5.74) is 0.873. The minimum absolute atomic E-state index is 0.0228. The van der Waals surface area contributed by atoms with Gasteiger partial charge in [0, 0.05) is 38.8 Å². The first kappa shape index (κ1) is 24.2. The number of H-pyrrole nitrogens is 1. The standard InChI is InChI=1S/C21H28FN11O2/c1-12-7-16(31-30-12)26-20-27-19(25-13(2)18-23-9-14(22)10-24-18)28-21(29-20)33-5-6-35-11-15(33)8-17(34)32(3)4/h7,9-10,13,15H,5-6,8,11H2,1-4H3,(H3,25,26,27,28,29,30,31)/t13-,15+/m0/s1. The quantitative estimate of drug-likeness (QED) is 0.425. The summed E-state index contributed by atoms with van der Waals surface area (Å²) in [5.74, 6) is 1.28. The molecular weight excluding hydrogens is 457 g/mol. The van der Waals surface area contributed by atoms with Crippen LogP contribution in [0.5, 0.6) is 0 Å². The van der Waals surface area contributed by atoms with Crippen molar-refractivity contribution >= 4 is 29.6 Å². The highest BCUT2D eigenvalue weighted by atomic mass is 19.1. The minimum Gasteiger partial charge on any atom is -0.377 e. The number of nitrogens with one attached hydrogen (secondary N) is 3. The number of ether oxygens (including phenoxy) is 1. The van der Waals surface area contributed by atoms with Crippen molar-refractivity contribution in [2.45, 2.75) is 32.4 Å². The van der Waals surface area contributed by atoms with Crippen LogP contribution in [0.1, 0.15) is 30.9 Å². The summed E-state index contributed by atoms with van der Waals surface area (Å²) in [6.07, 6.45) is 2.46. The number of hydrogen-bond donors (Lipinski definition) is 3. The van der Waals surface area contributed by atoms with Crippen LogP contribution in [-0.2, 0) is 9.53 Å². The first-order valence-corrected chi connectivity index (χ1v) is 11.1. The molecule has 1 aliphatic rings. The van der Waals surface area contributed by atoms with Crippen molar-refractivity contribution in [2.24, 2.45) is 0 Å². The van der Waals surface area contributed by atoms with Gasteiger partial charge >= 0.3 is 0 Å². The monoisotopic (exact) mass is 485 g/mol. The van der Waals surface area contributed by atoms with E-state index in [2.05, 4.69) is 45.8 Å². The first-order chi connectivity index (χ1) is 16.8. The van der Waals surface area contributed by atoms with Crippen molar-refractivity contribution in [3.63, 3.8) is 0 Å². The molecule has 3 N–H and O–H groups in total. The number of morpholine rings is 1. The lowest BCUT2D eigenvalue weighted by molar-refractivity contribution is -0.129. The van der Waals surface area contributed by atoms with Gasteiger partial charge in [-0.3, -0.25) is 9.89 Å². The lowest BCUT2D eigenvalue weighted by atomic mass is 10.1. The van der Waals surface area contributed by atoms with Crippen LogP contribution >= 0.6 is 0 Å². The van der Waals surface area contributed by atoms with E-state index in [1.54, 1.807) is 19.0 Å². The number of anilines is 4. The fraction of sp³-hybridized carbons (Fsp3) is 0.476. The lowest BCUT2D eigenvalue weighted by Crippen LogP contribution is -2.48. The zero-order valence-electron chi connectivity index (χ0n) is 20.0. The van der Waals surface area contributed by atoms with Gasteiger partial charge in [0.1, 0.15) is 5.82 Å². The molecule has 0 unspecified atom stereocenters. The molecule has 14 heteroatoms. The third-order valence-corrected chi connectivity index (χ3v) is 5.34. The summed E-state index contributed by atoms with van der Waals surface area (Å²) in [6, 6.07) is 1.16. The molecule has 0 aliphatic carbocycles. The van der Waals surface area contributed by atoms with Gasteiger partial charge in [-0.15, -0.1) is 0 Å². The van der Waals surface area contributed by atoms with Crippen LogP contribution < -0.4 is 15.5 Å². The number of halogens is 1. The molecule has 1 fully saturated rings. The third kappa shape index (κ3) is 6.15. The summed E-state index contributed by atoms with van der Waals surface area (Å²) in [5, 5.41) is 13.3. The van der Waals surface area contributed by atoms with Gasteiger partial charge < -0.3 is 25.2 Å². The maximum Gasteiger partial charge on any atom is 0.235 e. The average Bonchev–Trinajstić information content (AvgIpc) is 3.23. The number of amides is 1. The fourth-order valence-corrected chi connectivity index (χ4v) is 3.49. The average molecular weight is 486 g/mol. The number of aromatic nitrogens is 7. The van der Waals surface area contributed by atoms with Crippen molar-refractivity contribution in [1.29, 1.82) is 0 Å². The molecule has 0 aromatic carbocycles. The summed E-state index contributed by atoms with van der Waals surface area (Å²) >= 11 is 0. The topological polar surface area (TPSA) is 150 Å². The van der Waals surface area contributed by atoms with Gasteiger partial charge in [-0.05, 0) is 13.8 Å². The number of aromatic amines is 1. The number of aryl methyl sites for hydroxylation is 1. The van der Waals surface area contributed by atoms with Crippen molar-refractivity contribution in [3.05, 3.63) is 35.8 Å². The molecule has 186 valence electrons. The Balaban J connectivity index is 1.64. The molecule has 3 aromatic heterocycles. The van der Waals surface area contributed by atoms with E-state index in [9.17, 15) is 9.18 Å². The van der Waals surface area contributed by atoms with Crippen LogP contribution in [0.15, 0.2) is 18.5 Å². The number of carbonyl (C=O) groups is 1. The summed E-state index contributed by atoms with van der Waals surface area (Å²) < 4.78 is 18.9. The number of carbonyl (C=O) groups excluding carboxylic acids is 1. The van der Waals surface area contributed by atoms with Crippen LogP contribution in [0.4, 0.5) is 28.1 Å². The largest absolute Gasteiger partial charge is 0.377 e. The number of rotatable bonds is 8. The zero-order chi connectivity index (χ0) is 24.9. The molecule has 0 saturated carbocycles. The Bertz CT molecular complexity index is 1150. The predicted octanol–water partition coefficient (Wildman–Crippen LogP) is 1.43. The van der Waals surface area contributed by atoms with E-state index < -0.39 is 11.9 Å². The Kier molecular flexibility index (Phi) is 7.29. The molecular formula is C21H28FN11O2. The van der Waals surface area contributed by atoms with E-state index in [-0.39, 0.29) is 30.3 Å². The molecule has 3 aromatic rings. The smallest absolute Gasteiger partial charge is 0.235 e. The number of nitrogens with zero attached hydrogens (tertiary/aromatic N) is 8. The second-order valence-corrected chi connectivity index (χ2v) is 8.38. The number of hydrogen-bond acceptors (Lipinski definition) is 11. The van der Waals surface area contributed by atoms with E-state index in [4.69, 9.17) is 4.74 Å². The van der Waals surface area contributed by atoms with Gasteiger partial charge in [0.15, 0.2) is 11.6 Å². The third-order valence-electron chi connectivity index (χ3n) is 5.34. The SMILES string of the molecule is Cc1cc(Nc2nc(N[C@@H](C)c3ncc(F)cn3)nc(N3CCOC[C@H]3CC(=O)N(C)C)n2)n[nH]1. The maximum atomic E-state index is 13.2. The van der Waals surface area contributed by atoms with Gasteiger partial charge in [0.25, 0.3) is 0 Å². The van der Waals surface area contributed by atoms with Crippen LogP contribution in [0, 0.1) is 12.7 Å². The molecule has 0 radical (unpaired) electrons. The van der Waals surface area contributed by atoms with Crippen LogP contribution in [0.3, 0.4) is 0 Å². The summed E-state index contributed by atoms with van der Waals surface area (Å²) in [7, 11) is 3.43. The van der Waals surface area contributed by atoms with Crippen molar-refractivity contribution in [3.8, 4) is 0 Å². The second kappa shape index (κ2) is 10.5. The normalized spacial score (nSPS) is 16.6. The van der Waals surface area contributed by atoms with E-state index in [1.165, 1.54) is 0 Å². The Morgan fingerprint density at radius 3 is 2.71 bits per heavy atom. The molecule has 13 nitrogen and oxygen atoms in total. The van der Waals surface area contributed by atoms with Crippen molar-refractivity contribution in [2.75, 3.05) is 49.4 Å². The van der Waals surface area contributed by atoms with Crippen molar-refractivity contribution in [1.82, 2.24) is 40.0 Å². The van der Waals surface area contributed by atoms with Crippen LogP contribution in [-0.4, -0.2) is 85.8 Å². The van der Waals surface area contributed by atoms with E-state index in [0.29, 0.717) is 37.3 Å². The van der Waals surface area contributed by atoms with Gasteiger partial charge in [0.2, 0.25) is 23.8 Å². The van der Waals surface area contributed by atoms with E-state index in [1.807, 2.05) is 24.8 Å². The summed E-state index contributed by atoms with van der Waals surface area (Å²) in [4.78, 5) is 37.6. The maximum absolute atomic E-state index is 13.2. The highest BCUT2D eigenvalue weighted by Crippen LogP contribution is 2.23. The van der Waals surface area contributed by atoms with Gasteiger partial charge in [-0.2, -0.15) is 20.1 Å². The zero-order valence-corrected chi connectivity index (χ0v) is 20.0. The predicted molar refractivity (Wildman–Crippen MR) is 126 cm³/mol. The highest BCUT2D eigenvalue weighted by molar-refractivity contribution is 5.76. The molecule has 1 amide bonds. The van der Waals surface area contributed by atoms with Gasteiger partial charge in [-0.1, -0.05) is 0 Å². The minimum atomic E-state index is -0.519. The molecule has 4 rings (SSSR count). The molecule has 2 atom stereocenters. The molecule has 4 heterocycles. The van der Waals surface area contributed by atoms with Crippen molar-refractivity contribution < 1.29 is 13.9 Å². The summed E-state index contributed by atoms with van der Waals surface area (Å²) in [6.45, 7) is 5.05. The Labute approximate surface area is 201 Å². The van der Waals surface area contributed by atoms with Gasteiger partial charge in [0.05, 0.1) is 37.7 Å². The first-order valence-electron chi connectivity index (χ1n) is 11.1. The molecule has 0 spiro atoms. The van der Waals surface area contributed by atoms with Gasteiger partial charge in [-0.25, -0.2) is 14.4 Å². The molecule has 1 aliphatic heterocycles. The Morgan fingerprint density at radius 2 is 2.03 bits per heavy atom.